The molecule has 7 nitrogen and oxygen atoms in total. The van der Waals surface area contributed by atoms with E-state index in [0.717, 1.165) is 55.5 Å². The monoisotopic (exact) mass is 601 g/mol. The largest absolute Gasteiger partial charge is 0.451 e. The van der Waals surface area contributed by atoms with Crippen molar-refractivity contribution in [3.05, 3.63) is 77.3 Å². The molecule has 3 N–H and O–H groups in total. The minimum atomic E-state index is -4.52. The average Bonchev–Trinajstić information content (AvgIpc) is 3.64. The predicted molar refractivity (Wildman–Crippen MR) is 153 cm³/mol. The maximum Gasteiger partial charge on any atom is 0.416 e. The summed E-state index contributed by atoms with van der Waals surface area (Å²) < 4.78 is 58.8. The standard InChI is InChI=1S/C32H35F4N3O4/c33-24-9-10-27-21(17-24)13-14-39(27)18-25(19-40)37-30(41)26(15-20-5-2-1-3-6-20)38-31(42)29-12-11-28(43-29)22-7-4-8-23(16-22)32(34,35)36/h4,7-12,16-17,20,25-26,40H,1-3,5-6,13-15,18-19H2,(H,37,41)(H,38,42)/t25-,26+/m1/s1. The number of carbonyl (C=O) groups is 2. The average molecular weight is 602 g/mol. The quantitative estimate of drug-likeness (QED) is 0.259. The molecule has 2 aromatic carbocycles. The number of nitrogens with zero attached hydrogens (tertiary/aromatic N) is 1. The Morgan fingerprint density at radius 2 is 1.81 bits per heavy atom. The fourth-order valence-corrected chi connectivity index (χ4v) is 6.03. The molecule has 1 aromatic heterocycles. The van der Waals surface area contributed by atoms with Crippen LogP contribution < -0.4 is 15.5 Å². The Morgan fingerprint density at radius 1 is 1.02 bits per heavy atom. The van der Waals surface area contributed by atoms with E-state index < -0.39 is 35.6 Å². The molecule has 43 heavy (non-hydrogen) atoms. The van der Waals surface area contributed by atoms with Crippen LogP contribution in [0.4, 0.5) is 23.2 Å². The summed E-state index contributed by atoms with van der Waals surface area (Å²) in [6.45, 7) is 0.602. The molecular weight excluding hydrogens is 566 g/mol. The first-order valence-electron chi connectivity index (χ1n) is 14.6. The summed E-state index contributed by atoms with van der Waals surface area (Å²) >= 11 is 0. The Balaban J connectivity index is 1.28. The summed E-state index contributed by atoms with van der Waals surface area (Å²) in [4.78, 5) is 28.7. The number of amides is 2. The lowest BCUT2D eigenvalue weighted by atomic mass is 9.84. The number of hydrogen-bond donors (Lipinski definition) is 3. The van der Waals surface area contributed by atoms with E-state index in [4.69, 9.17) is 4.42 Å². The van der Waals surface area contributed by atoms with Crippen LogP contribution in [-0.4, -0.2) is 48.7 Å². The number of rotatable bonds is 10. The Labute approximate surface area is 247 Å². The molecule has 0 radical (unpaired) electrons. The van der Waals surface area contributed by atoms with Crippen LogP contribution in [0.1, 0.15) is 60.2 Å². The second-order valence-electron chi connectivity index (χ2n) is 11.4. The van der Waals surface area contributed by atoms with Crippen molar-refractivity contribution in [3.8, 4) is 11.3 Å². The van der Waals surface area contributed by atoms with Gasteiger partial charge in [0.05, 0.1) is 18.2 Å². The van der Waals surface area contributed by atoms with Gasteiger partial charge in [-0.2, -0.15) is 13.2 Å². The molecule has 2 amide bonds. The number of halogens is 4. The molecule has 5 rings (SSSR count). The van der Waals surface area contributed by atoms with Gasteiger partial charge in [-0.3, -0.25) is 9.59 Å². The predicted octanol–water partition coefficient (Wildman–Crippen LogP) is 5.71. The van der Waals surface area contributed by atoms with E-state index in [-0.39, 0.29) is 35.4 Å². The van der Waals surface area contributed by atoms with Crippen LogP contribution >= 0.6 is 0 Å². The first kappa shape index (κ1) is 30.6. The molecule has 2 atom stereocenters. The minimum absolute atomic E-state index is 0.0932. The van der Waals surface area contributed by atoms with E-state index in [0.29, 0.717) is 25.9 Å². The van der Waals surface area contributed by atoms with Gasteiger partial charge in [0.15, 0.2) is 5.76 Å². The van der Waals surface area contributed by atoms with E-state index in [2.05, 4.69) is 10.6 Å². The van der Waals surface area contributed by atoms with Gasteiger partial charge in [-0.1, -0.05) is 44.2 Å². The lowest BCUT2D eigenvalue weighted by Gasteiger charge is -2.29. The molecule has 2 heterocycles. The highest BCUT2D eigenvalue weighted by atomic mass is 19.4. The fourth-order valence-electron chi connectivity index (χ4n) is 6.03. The normalized spacial score (nSPS) is 16.9. The highest BCUT2D eigenvalue weighted by Crippen LogP contribution is 2.33. The van der Waals surface area contributed by atoms with Gasteiger partial charge in [0.1, 0.15) is 17.6 Å². The van der Waals surface area contributed by atoms with Crippen LogP contribution in [0.2, 0.25) is 0 Å². The first-order valence-corrected chi connectivity index (χ1v) is 14.6. The number of nitrogens with one attached hydrogen (secondary N) is 2. The van der Waals surface area contributed by atoms with E-state index in [1.54, 1.807) is 6.07 Å². The zero-order valence-electron chi connectivity index (χ0n) is 23.6. The third-order valence-corrected chi connectivity index (χ3v) is 8.26. The maximum absolute atomic E-state index is 13.6. The Morgan fingerprint density at radius 3 is 2.56 bits per heavy atom. The third kappa shape index (κ3) is 7.57. The molecule has 0 unspecified atom stereocenters. The van der Waals surface area contributed by atoms with Crippen molar-refractivity contribution in [1.29, 1.82) is 0 Å². The number of furan rings is 1. The molecule has 0 bridgehead atoms. The van der Waals surface area contributed by atoms with Crippen molar-refractivity contribution in [2.24, 2.45) is 5.92 Å². The van der Waals surface area contributed by atoms with E-state index in [1.165, 1.54) is 36.4 Å². The SMILES string of the molecule is O=C(N[C@@H](CC1CCCCC1)C(=O)N[C@@H](CO)CN1CCc2cc(F)ccc21)c1ccc(-c2cccc(C(F)(F)F)c2)o1. The molecule has 0 saturated heterocycles. The van der Waals surface area contributed by atoms with Gasteiger partial charge in [0.2, 0.25) is 5.91 Å². The van der Waals surface area contributed by atoms with Crippen molar-refractivity contribution < 1.29 is 36.7 Å². The molecule has 2 aliphatic rings. The molecule has 1 fully saturated rings. The zero-order valence-corrected chi connectivity index (χ0v) is 23.6. The van der Waals surface area contributed by atoms with Crippen molar-refractivity contribution in [3.63, 3.8) is 0 Å². The van der Waals surface area contributed by atoms with Gasteiger partial charge in [0.25, 0.3) is 5.91 Å². The zero-order chi connectivity index (χ0) is 30.6. The molecule has 3 aromatic rings. The maximum atomic E-state index is 13.6. The first-order chi connectivity index (χ1) is 20.6. The van der Waals surface area contributed by atoms with Crippen molar-refractivity contribution in [2.75, 3.05) is 24.6 Å². The number of benzene rings is 2. The molecule has 1 aliphatic carbocycles. The summed E-state index contributed by atoms with van der Waals surface area (Å²) in [5.41, 5.74) is 1.06. The molecule has 11 heteroatoms. The van der Waals surface area contributed by atoms with Crippen LogP contribution in [-0.2, 0) is 17.4 Å². The van der Waals surface area contributed by atoms with E-state index in [1.807, 2.05) is 4.90 Å². The lowest BCUT2D eigenvalue weighted by Crippen LogP contribution is -2.53. The Kier molecular flexibility index (Phi) is 9.39. The molecular formula is C32H35F4N3O4. The third-order valence-electron chi connectivity index (χ3n) is 8.26. The number of anilines is 1. The van der Waals surface area contributed by atoms with Gasteiger partial charge >= 0.3 is 6.18 Å². The molecule has 1 saturated carbocycles. The van der Waals surface area contributed by atoms with Crippen molar-refractivity contribution in [2.45, 2.75) is 63.2 Å². The fraction of sp³-hybridized carbons (Fsp3) is 0.438. The van der Waals surface area contributed by atoms with Gasteiger partial charge in [0, 0.05) is 24.3 Å². The molecule has 0 spiro atoms. The summed E-state index contributed by atoms with van der Waals surface area (Å²) in [6.07, 6.45) is 1.62. The van der Waals surface area contributed by atoms with Gasteiger partial charge in [-0.05, 0) is 66.8 Å². The smallest absolute Gasteiger partial charge is 0.416 e. The van der Waals surface area contributed by atoms with Crippen LogP contribution in [0.5, 0.6) is 0 Å². The van der Waals surface area contributed by atoms with Gasteiger partial charge < -0.3 is 25.1 Å². The second-order valence-corrected chi connectivity index (χ2v) is 11.4. The van der Waals surface area contributed by atoms with Crippen LogP contribution in [0.25, 0.3) is 11.3 Å². The number of hydrogen-bond acceptors (Lipinski definition) is 5. The molecule has 1 aliphatic heterocycles. The number of alkyl halides is 3. The number of aliphatic hydroxyl groups excluding tert-OH is 1. The van der Waals surface area contributed by atoms with Gasteiger partial charge in [-0.25, -0.2) is 4.39 Å². The minimum Gasteiger partial charge on any atom is -0.451 e. The van der Waals surface area contributed by atoms with Gasteiger partial charge in [-0.15, -0.1) is 0 Å². The lowest BCUT2D eigenvalue weighted by molar-refractivity contribution is -0.137. The van der Waals surface area contributed by atoms with Crippen molar-refractivity contribution in [1.82, 2.24) is 10.6 Å². The summed E-state index contributed by atoms with van der Waals surface area (Å²) in [5, 5.41) is 15.7. The highest BCUT2D eigenvalue weighted by molar-refractivity contribution is 5.96. The topological polar surface area (TPSA) is 94.8 Å². The summed E-state index contributed by atoms with van der Waals surface area (Å²) in [6, 6.07) is 10.4. The molecule has 230 valence electrons. The van der Waals surface area contributed by atoms with E-state index >= 15 is 0 Å². The van der Waals surface area contributed by atoms with Crippen LogP contribution in [0.15, 0.2) is 59.0 Å². The number of aliphatic hydroxyl groups is 1. The Hall–Kier alpha value is -3.86. The van der Waals surface area contributed by atoms with E-state index in [9.17, 15) is 32.3 Å². The summed E-state index contributed by atoms with van der Waals surface area (Å²) in [7, 11) is 0. The number of carbonyl (C=O) groups excluding carboxylic acids is 2. The van der Waals surface area contributed by atoms with Crippen LogP contribution in [0, 0.1) is 11.7 Å². The van der Waals surface area contributed by atoms with Crippen molar-refractivity contribution >= 4 is 17.5 Å². The second kappa shape index (κ2) is 13.2. The van der Waals surface area contributed by atoms with Crippen LogP contribution in [0.3, 0.4) is 0 Å². The summed E-state index contributed by atoms with van der Waals surface area (Å²) in [5.74, 6) is -1.22. The number of fused-ring (bicyclic) bond motifs is 1. The Bertz CT molecular complexity index is 1430. The highest BCUT2D eigenvalue weighted by Gasteiger charge is 2.32.